The Morgan fingerprint density at radius 3 is 1.85 bits per heavy atom. The summed E-state index contributed by atoms with van der Waals surface area (Å²) < 4.78 is 9.51. The molecule has 0 unspecified atom stereocenters. The molecule has 0 aliphatic carbocycles. The Kier molecular flexibility index (Phi) is 10.7. The van der Waals surface area contributed by atoms with Gasteiger partial charge in [0.05, 0.1) is 13.1 Å². The van der Waals surface area contributed by atoms with Gasteiger partial charge in [-0.2, -0.15) is 0 Å². The predicted octanol–water partition coefficient (Wildman–Crippen LogP) is 6.46. The van der Waals surface area contributed by atoms with Crippen molar-refractivity contribution in [2.75, 3.05) is 13.1 Å². The minimum absolute atomic E-state index is 0.0134. The molecule has 4 rings (SSSR count). The normalized spacial score (nSPS) is 15.2. The van der Waals surface area contributed by atoms with Crippen LogP contribution in [0.2, 0.25) is 10.0 Å². The van der Waals surface area contributed by atoms with Crippen LogP contribution in [0.1, 0.15) is 27.0 Å². The number of hydrogen-bond donors (Lipinski definition) is 1. The van der Waals surface area contributed by atoms with Crippen LogP contribution in [0.3, 0.4) is 0 Å². The Hall–Kier alpha value is -1.11. The molecule has 0 atom stereocenters. The van der Waals surface area contributed by atoms with E-state index < -0.39 is 5.20 Å². The van der Waals surface area contributed by atoms with Gasteiger partial charge >= 0.3 is 5.20 Å². The van der Waals surface area contributed by atoms with Gasteiger partial charge in [-0.3, -0.25) is 23.9 Å². The van der Waals surface area contributed by atoms with Gasteiger partial charge in [0, 0.05) is 34.0 Å². The molecule has 2 aliphatic heterocycles. The minimum Gasteiger partial charge on any atom is -0.345 e. The van der Waals surface area contributed by atoms with Crippen molar-refractivity contribution >= 4 is 96.4 Å². The lowest BCUT2D eigenvalue weighted by molar-refractivity contribution is -0.118. The molecule has 6 nitrogen and oxygen atoms in total. The number of benzene rings is 2. The molecule has 1 N–H and O–H groups in total. The first-order valence-electron chi connectivity index (χ1n) is 9.11. The molecule has 0 radical (unpaired) electrons. The Labute approximate surface area is 219 Å². The van der Waals surface area contributed by atoms with Crippen LogP contribution in [0.25, 0.3) is 0 Å². The summed E-state index contributed by atoms with van der Waals surface area (Å²) in [6, 6.07) is 10.3. The van der Waals surface area contributed by atoms with Gasteiger partial charge in [0.2, 0.25) is 0 Å². The maximum atomic E-state index is 11.5. The fraction of sp³-hybridized carbons (Fsp3) is 0.200. The highest BCUT2D eigenvalue weighted by Crippen LogP contribution is 2.61. The van der Waals surface area contributed by atoms with Crippen molar-refractivity contribution in [3.8, 4) is 0 Å². The van der Waals surface area contributed by atoms with Crippen LogP contribution in [0, 0.1) is 0 Å². The SMILES string of the molecule is O=C1CN=C(Cl)c2cc(Cl)ccc2C1.O=C1CNC(=O)c2cc(Cl)ccc2C1.O=P(Cl)(Cl)Cl. The average molecular weight is 591 g/mol. The van der Waals surface area contributed by atoms with Gasteiger partial charge in [-0.1, -0.05) is 46.9 Å². The topological polar surface area (TPSA) is 92.7 Å². The van der Waals surface area contributed by atoms with Crippen LogP contribution >= 0.6 is 73.7 Å². The van der Waals surface area contributed by atoms with E-state index >= 15 is 0 Å². The van der Waals surface area contributed by atoms with Crippen molar-refractivity contribution in [1.82, 2.24) is 5.32 Å². The van der Waals surface area contributed by atoms with Crippen LogP contribution in [0.15, 0.2) is 41.4 Å². The van der Waals surface area contributed by atoms with Crippen molar-refractivity contribution < 1.29 is 18.9 Å². The van der Waals surface area contributed by atoms with E-state index in [0.29, 0.717) is 33.6 Å². The predicted molar refractivity (Wildman–Crippen MR) is 135 cm³/mol. The first kappa shape index (κ1) is 28.1. The second-order valence-electron chi connectivity index (χ2n) is 6.72. The standard InChI is InChI=1S/C10H7Cl2NO.C10H8ClNO2.Cl3OP/c11-7-2-1-6-3-8(14)5-13-10(12)9(6)4-7;11-7-2-1-6-3-8(13)5-12-10(14)9(6)4-7;1-5(2,3)4/h1-2,4H,3,5H2;1-2,4H,3,5H2,(H,12,14);. The van der Waals surface area contributed by atoms with Crippen molar-refractivity contribution in [3.05, 3.63) is 68.7 Å². The van der Waals surface area contributed by atoms with E-state index in [0.717, 1.165) is 16.7 Å². The molecule has 0 fully saturated rings. The second-order valence-corrected chi connectivity index (χ2v) is 14.6. The number of hydrogen-bond acceptors (Lipinski definition) is 5. The molecule has 2 aromatic carbocycles. The van der Waals surface area contributed by atoms with E-state index in [1.807, 2.05) is 6.07 Å². The monoisotopic (exact) mass is 588 g/mol. The Morgan fingerprint density at radius 2 is 1.27 bits per heavy atom. The molecule has 176 valence electrons. The van der Waals surface area contributed by atoms with E-state index in [4.69, 9.17) is 34.8 Å². The summed E-state index contributed by atoms with van der Waals surface area (Å²) in [4.78, 5) is 37.9. The molecule has 2 aromatic rings. The lowest BCUT2D eigenvalue weighted by Gasteiger charge is -2.03. The maximum Gasteiger partial charge on any atom is 0.339 e. The molecule has 0 saturated heterocycles. The number of carbonyl (C=O) groups excluding carboxylic acids is 3. The molecule has 0 saturated carbocycles. The van der Waals surface area contributed by atoms with E-state index in [9.17, 15) is 18.9 Å². The summed E-state index contributed by atoms with van der Waals surface area (Å²) >= 11 is 31.4. The van der Waals surface area contributed by atoms with Crippen molar-refractivity contribution in [1.29, 1.82) is 0 Å². The maximum absolute atomic E-state index is 11.5. The molecule has 0 aromatic heterocycles. The van der Waals surface area contributed by atoms with Gasteiger partial charge in [-0.25, -0.2) is 0 Å². The third kappa shape index (κ3) is 9.96. The second kappa shape index (κ2) is 12.6. The number of rotatable bonds is 0. The van der Waals surface area contributed by atoms with Gasteiger partial charge in [0.15, 0.2) is 11.6 Å². The smallest absolute Gasteiger partial charge is 0.339 e. The first-order chi connectivity index (χ1) is 15.3. The lowest BCUT2D eigenvalue weighted by Crippen LogP contribution is -2.26. The number of fused-ring (bicyclic) bond motifs is 2. The fourth-order valence-electron chi connectivity index (χ4n) is 2.87. The Morgan fingerprint density at radius 1 is 0.788 bits per heavy atom. The molecule has 1 amide bonds. The molecule has 0 bridgehead atoms. The highest BCUT2D eigenvalue weighted by atomic mass is 36.0. The third-order valence-electron chi connectivity index (χ3n) is 4.23. The van der Waals surface area contributed by atoms with Crippen molar-refractivity contribution in [2.45, 2.75) is 12.8 Å². The number of carbonyl (C=O) groups is 3. The summed E-state index contributed by atoms with van der Waals surface area (Å²) in [5.41, 5.74) is 2.91. The summed E-state index contributed by atoms with van der Waals surface area (Å²) in [6.07, 6.45) is 0.678. The number of nitrogens with one attached hydrogen (secondary N) is 1. The van der Waals surface area contributed by atoms with Crippen LogP contribution in [0.4, 0.5) is 0 Å². The molecule has 33 heavy (non-hydrogen) atoms. The summed E-state index contributed by atoms with van der Waals surface area (Å²) in [6.45, 7) is 0.260. The van der Waals surface area contributed by atoms with Gasteiger partial charge in [0.25, 0.3) is 5.91 Å². The van der Waals surface area contributed by atoms with E-state index in [1.54, 1.807) is 30.3 Å². The minimum atomic E-state index is -3.22. The molecule has 0 spiro atoms. The van der Waals surface area contributed by atoms with E-state index in [2.05, 4.69) is 44.0 Å². The van der Waals surface area contributed by atoms with Gasteiger partial charge in [-0.15, -0.1) is 0 Å². The number of halogens is 6. The zero-order chi connectivity index (χ0) is 24.8. The first-order valence-corrected chi connectivity index (χ1v) is 14.7. The molecule has 2 aliphatic rings. The number of nitrogens with zero attached hydrogens (tertiary/aromatic N) is 1. The summed E-state index contributed by atoms with van der Waals surface area (Å²) in [5, 5.41) is 0.788. The zero-order valence-corrected chi connectivity index (χ0v) is 22.0. The Bertz CT molecular complexity index is 1150. The lowest BCUT2D eigenvalue weighted by atomic mass is 10.0. The number of amides is 1. The summed E-state index contributed by atoms with van der Waals surface area (Å²) in [5.74, 6) is -0.142. The number of aliphatic imine (C=N–C) groups is 1. The van der Waals surface area contributed by atoms with Crippen molar-refractivity contribution in [3.63, 3.8) is 0 Å². The quantitative estimate of drug-likeness (QED) is 0.357. The van der Waals surface area contributed by atoms with E-state index in [1.165, 1.54) is 0 Å². The molecule has 2 heterocycles. The van der Waals surface area contributed by atoms with Crippen LogP contribution < -0.4 is 5.32 Å². The van der Waals surface area contributed by atoms with Crippen molar-refractivity contribution in [2.24, 2.45) is 4.99 Å². The zero-order valence-electron chi connectivity index (χ0n) is 16.6. The number of Topliss-reactive ketones (excluding diaryl/α,β-unsaturated/α-hetero) is 2. The highest BCUT2D eigenvalue weighted by Gasteiger charge is 2.19. The Balaban J connectivity index is 0.000000195. The van der Waals surface area contributed by atoms with Crippen LogP contribution in [-0.4, -0.2) is 35.7 Å². The third-order valence-corrected chi connectivity index (χ3v) is 5.02. The van der Waals surface area contributed by atoms with Crippen LogP contribution in [-0.2, 0) is 27.0 Å². The molecular formula is C20H15Cl6N2O4P. The largest absolute Gasteiger partial charge is 0.345 e. The van der Waals surface area contributed by atoms with Gasteiger partial charge < -0.3 is 5.32 Å². The molecular weight excluding hydrogens is 576 g/mol. The fourth-order valence-corrected chi connectivity index (χ4v) is 3.45. The highest BCUT2D eigenvalue weighted by molar-refractivity contribution is 8.24. The van der Waals surface area contributed by atoms with Gasteiger partial charge in [0.1, 0.15) is 5.17 Å². The number of ketones is 2. The van der Waals surface area contributed by atoms with Crippen LogP contribution in [0.5, 0.6) is 0 Å². The average Bonchev–Trinajstić information content (AvgIpc) is 2.94. The summed E-state index contributed by atoms with van der Waals surface area (Å²) in [7, 11) is 0. The van der Waals surface area contributed by atoms with Gasteiger partial charge in [-0.05, 0) is 69.1 Å². The molecule has 13 heteroatoms. The van der Waals surface area contributed by atoms with E-state index in [-0.39, 0.29) is 30.6 Å².